The van der Waals surface area contributed by atoms with Gasteiger partial charge in [-0.2, -0.15) is 5.26 Å². The van der Waals surface area contributed by atoms with Crippen LogP contribution < -0.4 is 21.7 Å². The molecule has 0 bridgehead atoms. The van der Waals surface area contributed by atoms with Gasteiger partial charge in [0.05, 0.1) is 54.1 Å². The summed E-state index contributed by atoms with van der Waals surface area (Å²) in [7, 11) is 0. The maximum Gasteiger partial charge on any atom is 0.338 e. The van der Waals surface area contributed by atoms with E-state index in [-0.39, 0.29) is 11.1 Å². The van der Waals surface area contributed by atoms with Crippen molar-refractivity contribution in [3.05, 3.63) is 71.8 Å². The number of rotatable bonds is 11. The summed E-state index contributed by atoms with van der Waals surface area (Å²) in [4.78, 5) is 46.5. The van der Waals surface area contributed by atoms with Gasteiger partial charge in [0, 0.05) is 0 Å². The molecule has 6 N–H and O–H groups in total. The number of hydrogen-bond donors (Lipinski definition) is 2. The number of terminal acetylenes is 1. The Balaban J connectivity index is 0.000000894. The SMILES string of the molecule is C#CC[C@H]([NH3+])CC.CC[C@@H]([NH3+])CC#N.O=C(O[C@H](C(=O)[O-])[C@H](OC(=O)c1ccccc1)C(=O)[O-])c1ccccc1. The van der Waals surface area contributed by atoms with Crippen molar-refractivity contribution in [2.75, 3.05) is 0 Å². The number of benzene rings is 2. The van der Waals surface area contributed by atoms with Crippen molar-refractivity contribution >= 4 is 23.9 Å². The van der Waals surface area contributed by atoms with Gasteiger partial charge in [-0.15, -0.1) is 12.3 Å². The minimum Gasteiger partial charge on any atom is -0.546 e. The van der Waals surface area contributed by atoms with Crippen LogP contribution in [-0.4, -0.2) is 48.2 Å². The average molecular weight is 554 g/mol. The molecule has 214 valence electrons. The minimum absolute atomic E-state index is 0.0229. The van der Waals surface area contributed by atoms with E-state index in [2.05, 4.69) is 39.9 Å². The zero-order chi connectivity index (χ0) is 30.5. The molecule has 11 heteroatoms. The van der Waals surface area contributed by atoms with E-state index in [1.807, 2.05) is 6.92 Å². The molecule has 0 aliphatic carbocycles. The fraction of sp³-hybridized carbons (Fsp3) is 0.345. The van der Waals surface area contributed by atoms with E-state index in [1.54, 1.807) is 12.1 Å². The Hall–Kier alpha value is -4.71. The number of hydrogen-bond acceptors (Lipinski definition) is 9. The molecular weight excluding hydrogens is 518 g/mol. The number of carboxylic acids is 2. The van der Waals surface area contributed by atoms with Crippen LogP contribution >= 0.6 is 0 Å². The molecule has 0 aliphatic heterocycles. The number of carbonyl (C=O) groups is 4. The fourth-order valence-electron chi connectivity index (χ4n) is 2.57. The van der Waals surface area contributed by atoms with Crippen LogP contribution in [0.5, 0.6) is 0 Å². The molecule has 2 aromatic rings. The van der Waals surface area contributed by atoms with Gasteiger partial charge in [0.1, 0.15) is 0 Å². The van der Waals surface area contributed by atoms with Crippen molar-refractivity contribution in [2.45, 2.75) is 63.8 Å². The maximum atomic E-state index is 12.0. The first-order chi connectivity index (χ1) is 19.0. The lowest BCUT2D eigenvalue weighted by Gasteiger charge is -2.28. The number of nitrogens with zero attached hydrogens (tertiary/aromatic N) is 1. The van der Waals surface area contributed by atoms with E-state index in [0.29, 0.717) is 18.5 Å². The first kappa shape index (κ1) is 35.3. The minimum atomic E-state index is -2.39. The predicted octanol–water partition coefficient (Wildman–Crippen LogP) is -1.11. The van der Waals surface area contributed by atoms with Gasteiger partial charge >= 0.3 is 11.9 Å². The van der Waals surface area contributed by atoms with Crippen LogP contribution in [0.1, 0.15) is 60.2 Å². The van der Waals surface area contributed by atoms with Crippen molar-refractivity contribution in [1.29, 1.82) is 5.26 Å². The summed E-state index contributed by atoms with van der Waals surface area (Å²) in [5.41, 5.74) is 7.48. The molecule has 4 atom stereocenters. The lowest BCUT2D eigenvalue weighted by molar-refractivity contribution is -0.419. The molecule has 0 saturated heterocycles. The molecule has 0 amide bonds. The molecule has 11 nitrogen and oxygen atoms in total. The number of carboxylic acid groups (broad SMARTS) is 2. The van der Waals surface area contributed by atoms with E-state index in [1.165, 1.54) is 48.5 Å². The molecule has 0 heterocycles. The van der Waals surface area contributed by atoms with Crippen molar-refractivity contribution < 1.29 is 50.3 Å². The molecule has 0 aromatic heterocycles. The second-order valence-corrected chi connectivity index (χ2v) is 8.34. The highest BCUT2D eigenvalue weighted by Gasteiger charge is 2.32. The molecule has 2 aromatic carbocycles. The number of ether oxygens (including phenoxy) is 2. The summed E-state index contributed by atoms with van der Waals surface area (Å²) < 4.78 is 9.32. The summed E-state index contributed by atoms with van der Waals surface area (Å²) in [5.74, 6) is -3.79. The van der Waals surface area contributed by atoms with Crippen molar-refractivity contribution in [3.8, 4) is 18.4 Å². The van der Waals surface area contributed by atoms with E-state index < -0.39 is 36.1 Å². The van der Waals surface area contributed by atoms with Gasteiger partial charge < -0.3 is 40.7 Å². The first-order valence-corrected chi connectivity index (χ1v) is 12.4. The number of aliphatic carboxylic acids is 2. The third-order valence-corrected chi connectivity index (χ3v) is 5.17. The topological polar surface area (TPSA) is 212 Å². The van der Waals surface area contributed by atoms with Crippen LogP contribution in [0.3, 0.4) is 0 Å². The highest BCUT2D eigenvalue weighted by Crippen LogP contribution is 2.12. The first-order valence-electron chi connectivity index (χ1n) is 12.4. The molecular formula is C29H35N3O8. The highest BCUT2D eigenvalue weighted by molar-refractivity contribution is 5.94. The summed E-state index contributed by atoms with van der Waals surface area (Å²) in [6, 6.07) is 17.4. The lowest BCUT2D eigenvalue weighted by atomic mass is 10.1. The van der Waals surface area contributed by atoms with Gasteiger partial charge in [-0.3, -0.25) is 0 Å². The lowest BCUT2D eigenvalue weighted by Crippen LogP contribution is -2.60. The zero-order valence-corrected chi connectivity index (χ0v) is 22.6. The van der Waals surface area contributed by atoms with E-state index in [9.17, 15) is 29.4 Å². The largest absolute Gasteiger partial charge is 0.546 e. The Morgan fingerprint density at radius 3 is 1.35 bits per heavy atom. The van der Waals surface area contributed by atoms with Gasteiger partial charge in [0.2, 0.25) is 0 Å². The van der Waals surface area contributed by atoms with Gasteiger partial charge in [-0.25, -0.2) is 9.59 Å². The van der Waals surface area contributed by atoms with Crippen LogP contribution in [-0.2, 0) is 19.1 Å². The molecule has 2 rings (SSSR count). The summed E-state index contributed by atoms with van der Waals surface area (Å²) >= 11 is 0. The number of carbonyl (C=O) groups excluding carboxylic acids is 4. The van der Waals surface area contributed by atoms with Crippen LogP contribution in [0.4, 0.5) is 0 Å². The Kier molecular flexibility index (Phi) is 17.9. The summed E-state index contributed by atoms with van der Waals surface area (Å²) in [6.07, 6.45) is 3.74. The van der Waals surface area contributed by atoms with Gasteiger partial charge in [0.25, 0.3) is 0 Å². The molecule has 0 radical (unpaired) electrons. The summed E-state index contributed by atoms with van der Waals surface area (Å²) in [6.45, 7) is 4.13. The van der Waals surface area contributed by atoms with Gasteiger partial charge in [-0.05, 0) is 37.1 Å². The average Bonchev–Trinajstić information content (AvgIpc) is 2.96. The van der Waals surface area contributed by atoms with E-state index in [4.69, 9.17) is 11.7 Å². The number of quaternary nitrogens is 2. The van der Waals surface area contributed by atoms with E-state index in [0.717, 1.165) is 19.3 Å². The standard InChI is InChI=1S/C18H14O8.C6H11N.C5H10N2/c19-15(20)13(25-17(23)11-7-3-1-4-8-11)14(16(21)22)26-18(24)12-9-5-2-6-10-12;1-3-5-6(7)4-2;1-2-5(7)3-4-6/h1-10,13-14H,(H,19,20)(H,21,22);1,6H,4-5,7H2,2H3;5H,2-3,7H2,1H3/t13-,14-;6-;5-/m011/s1. The zero-order valence-electron chi connectivity index (χ0n) is 22.6. The maximum absolute atomic E-state index is 12.0. The van der Waals surface area contributed by atoms with Crippen molar-refractivity contribution in [3.63, 3.8) is 0 Å². The van der Waals surface area contributed by atoms with Gasteiger partial charge in [0.15, 0.2) is 12.2 Å². The molecule has 0 fully saturated rings. The van der Waals surface area contributed by atoms with Crippen molar-refractivity contribution in [2.24, 2.45) is 0 Å². The second kappa shape index (κ2) is 20.3. The molecule has 40 heavy (non-hydrogen) atoms. The Labute approximate surface area is 233 Å². The molecule has 0 unspecified atom stereocenters. The van der Waals surface area contributed by atoms with Gasteiger partial charge in [-0.1, -0.05) is 50.2 Å². The Bertz CT molecular complexity index is 1050. The molecule has 0 spiro atoms. The third-order valence-electron chi connectivity index (χ3n) is 5.17. The van der Waals surface area contributed by atoms with Crippen LogP contribution in [0.2, 0.25) is 0 Å². The van der Waals surface area contributed by atoms with Crippen LogP contribution in [0.15, 0.2) is 60.7 Å². The second-order valence-electron chi connectivity index (χ2n) is 8.34. The number of nitriles is 1. The Morgan fingerprint density at radius 2 is 1.12 bits per heavy atom. The third kappa shape index (κ3) is 14.3. The number of esters is 2. The Morgan fingerprint density at radius 1 is 0.775 bits per heavy atom. The monoisotopic (exact) mass is 553 g/mol. The van der Waals surface area contributed by atoms with E-state index >= 15 is 0 Å². The fourth-order valence-corrected chi connectivity index (χ4v) is 2.57. The smallest absolute Gasteiger partial charge is 0.338 e. The van der Waals surface area contributed by atoms with Crippen LogP contribution in [0, 0.1) is 23.7 Å². The quantitative estimate of drug-likeness (QED) is 0.255. The molecule has 0 aliphatic rings. The molecule has 0 saturated carbocycles. The van der Waals surface area contributed by atoms with Crippen LogP contribution in [0.25, 0.3) is 0 Å². The predicted molar refractivity (Wildman–Crippen MR) is 139 cm³/mol. The normalized spacial score (nSPS) is 12.6. The highest BCUT2D eigenvalue weighted by atomic mass is 16.6. The summed E-state index contributed by atoms with van der Waals surface area (Å²) in [5, 5.41) is 30.6. The van der Waals surface area contributed by atoms with Crippen molar-refractivity contribution in [1.82, 2.24) is 0 Å².